The van der Waals surface area contributed by atoms with Crippen molar-refractivity contribution in [2.75, 3.05) is 6.54 Å². The molecular weight excluding hydrogens is 168 g/mol. The zero-order valence-electron chi connectivity index (χ0n) is 6.86. The first kappa shape index (κ1) is 7.95. The molecular formula is C9H12N2S. The van der Waals surface area contributed by atoms with Crippen LogP contribution in [0.15, 0.2) is 11.6 Å². The van der Waals surface area contributed by atoms with E-state index in [1.54, 1.807) is 11.3 Å². The lowest BCUT2D eigenvalue weighted by Gasteiger charge is -1.91. The Labute approximate surface area is 76.1 Å². The smallest absolute Gasteiger partial charge is 0.0801 e. The van der Waals surface area contributed by atoms with Gasteiger partial charge in [0.1, 0.15) is 0 Å². The Morgan fingerprint density at radius 2 is 2.50 bits per heavy atom. The minimum absolute atomic E-state index is 0.613. The molecule has 1 saturated carbocycles. The highest BCUT2D eigenvalue weighted by molar-refractivity contribution is 7.10. The fraction of sp³-hybridized carbons (Fsp3) is 0.444. The lowest BCUT2D eigenvalue weighted by atomic mass is 10.2. The van der Waals surface area contributed by atoms with Crippen molar-refractivity contribution in [3.8, 4) is 0 Å². The molecule has 0 amide bonds. The van der Waals surface area contributed by atoms with Crippen LogP contribution in [0.25, 0.3) is 6.08 Å². The average molecular weight is 180 g/mol. The van der Waals surface area contributed by atoms with E-state index in [9.17, 15) is 0 Å². The predicted molar refractivity (Wildman–Crippen MR) is 52.2 cm³/mol. The maximum Gasteiger partial charge on any atom is 0.0801 e. The van der Waals surface area contributed by atoms with Crippen molar-refractivity contribution in [2.45, 2.75) is 18.8 Å². The molecule has 2 N–H and O–H groups in total. The van der Waals surface area contributed by atoms with E-state index in [0.29, 0.717) is 6.54 Å². The van der Waals surface area contributed by atoms with E-state index in [2.05, 4.69) is 11.1 Å². The number of rotatable bonds is 3. The van der Waals surface area contributed by atoms with E-state index >= 15 is 0 Å². The first-order valence-electron chi connectivity index (χ1n) is 4.22. The molecule has 0 unspecified atom stereocenters. The summed E-state index contributed by atoms with van der Waals surface area (Å²) >= 11 is 1.70. The summed E-state index contributed by atoms with van der Waals surface area (Å²) in [6.45, 7) is 0.613. The molecule has 0 bridgehead atoms. The van der Waals surface area contributed by atoms with Gasteiger partial charge in [0, 0.05) is 12.5 Å². The maximum atomic E-state index is 5.38. The summed E-state index contributed by atoms with van der Waals surface area (Å²) < 4.78 is 0. The summed E-state index contributed by atoms with van der Waals surface area (Å²) in [5.74, 6) is 0.744. The molecule has 64 valence electrons. The summed E-state index contributed by atoms with van der Waals surface area (Å²) in [6.07, 6.45) is 6.70. The minimum Gasteiger partial charge on any atom is -0.327 e. The summed E-state index contributed by atoms with van der Waals surface area (Å²) in [5, 5.41) is 0. The van der Waals surface area contributed by atoms with Gasteiger partial charge >= 0.3 is 0 Å². The Balaban J connectivity index is 2.18. The van der Waals surface area contributed by atoms with Gasteiger partial charge in [0.05, 0.1) is 16.1 Å². The average Bonchev–Trinajstić information content (AvgIpc) is 2.83. The van der Waals surface area contributed by atoms with Crippen LogP contribution in [0.3, 0.4) is 0 Å². The Morgan fingerprint density at radius 1 is 1.67 bits per heavy atom. The Hall–Kier alpha value is -0.670. The van der Waals surface area contributed by atoms with Crippen LogP contribution in [0.4, 0.5) is 0 Å². The minimum atomic E-state index is 0.613. The molecule has 1 aromatic rings. The predicted octanol–water partition coefficient (Wildman–Crippen LogP) is 1.99. The molecule has 0 radical (unpaired) electrons. The van der Waals surface area contributed by atoms with Gasteiger partial charge in [0.25, 0.3) is 0 Å². The molecule has 1 heterocycles. The maximum absolute atomic E-state index is 5.38. The first-order chi connectivity index (χ1) is 5.92. The van der Waals surface area contributed by atoms with Gasteiger partial charge in [-0.1, -0.05) is 6.08 Å². The van der Waals surface area contributed by atoms with Crippen LogP contribution in [0.1, 0.15) is 29.3 Å². The molecule has 0 aliphatic heterocycles. The molecule has 1 aliphatic carbocycles. The van der Waals surface area contributed by atoms with Gasteiger partial charge in [-0.25, -0.2) is 4.98 Å². The number of nitrogens with zero attached hydrogens (tertiary/aromatic N) is 1. The quantitative estimate of drug-likeness (QED) is 0.772. The van der Waals surface area contributed by atoms with Crippen LogP contribution in [0.5, 0.6) is 0 Å². The number of hydrogen-bond acceptors (Lipinski definition) is 3. The van der Waals surface area contributed by atoms with E-state index < -0.39 is 0 Å². The summed E-state index contributed by atoms with van der Waals surface area (Å²) in [4.78, 5) is 5.65. The second-order valence-electron chi connectivity index (χ2n) is 3.01. The van der Waals surface area contributed by atoms with Gasteiger partial charge in [-0.2, -0.15) is 0 Å². The van der Waals surface area contributed by atoms with E-state index in [4.69, 9.17) is 5.73 Å². The topological polar surface area (TPSA) is 38.9 Å². The SMILES string of the molecule is NC/C=C/c1scnc1C1CC1. The van der Waals surface area contributed by atoms with Gasteiger partial charge in [-0.05, 0) is 18.9 Å². The molecule has 0 aromatic carbocycles. The summed E-state index contributed by atoms with van der Waals surface area (Å²) in [7, 11) is 0. The summed E-state index contributed by atoms with van der Waals surface area (Å²) in [5.41, 5.74) is 8.59. The van der Waals surface area contributed by atoms with Crippen molar-refractivity contribution >= 4 is 17.4 Å². The van der Waals surface area contributed by atoms with E-state index in [1.807, 2.05) is 11.6 Å². The van der Waals surface area contributed by atoms with E-state index in [-0.39, 0.29) is 0 Å². The largest absolute Gasteiger partial charge is 0.327 e. The number of nitrogens with two attached hydrogens (primary N) is 1. The molecule has 2 nitrogen and oxygen atoms in total. The van der Waals surface area contributed by atoms with Crippen molar-refractivity contribution in [2.24, 2.45) is 5.73 Å². The zero-order chi connectivity index (χ0) is 8.39. The monoisotopic (exact) mass is 180 g/mol. The third-order valence-corrected chi connectivity index (χ3v) is 2.80. The molecule has 2 rings (SSSR count). The molecule has 0 atom stereocenters. The summed E-state index contributed by atoms with van der Waals surface area (Å²) in [6, 6.07) is 0. The molecule has 12 heavy (non-hydrogen) atoms. The van der Waals surface area contributed by atoms with Gasteiger partial charge in [0.2, 0.25) is 0 Å². The molecule has 0 saturated heterocycles. The second kappa shape index (κ2) is 3.37. The highest BCUT2D eigenvalue weighted by atomic mass is 32.1. The van der Waals surface area contributed by atoms with Crippen LogP contribution in [0, 0.1) is 0 Å². The normalized spacial score (nSPS) is 17.4. The highest BCUT2D eigenvalue weighted by Crippen LogP contribution is 2.42. The Morgan fingerprint density at radius 3 is 3.17 bits per heavy atom. The van der Waals surface area contributed by atoms with Crippen LogP contribution in [-0.2, 0) is 0 Å². The van der Waals surface area contributed by atoms with Crippen LogP contribution in [0.2, 0.25) is 0 Å². The zero-order valence-corrected chi connectivity index (χ0v) is 7.68. The van der Waals surface area contributed by atoms with Gasteiger partial charge < -0.3 is 5.73 Å². The Kier molecular flexibility index (Phi) is 2.23. The molecule has 1 aliphatic rings. The fourth-order valence-electron chi connectivity index (χ4n) is 1.23. The van der Waals surface area contributed by atoms with E-state index in [1.165, 1.54) is 23.4 Å². The standard InChI is InChI=1S/C9H12N2S/c10-5-1-2-8-9(7-3-4-7)11-6-12-8/h1-2,6-7H,3-5,10H2/b2-1+. The van der Waals surface area contributed by atoms with Crippen molar-refractivity contribution in [3.63, 3.8) is 0 Å². The third kappa shape index (κ3) is 1.57. The second-order valence-corrected chi connectivity index (χ2v) is 3.90. The van der Waals surface area contributed by atoms with Gasteiger partial charge in [-0.15, -0.1) is 11.3 Å². The first-order valence-corrected chi connectivity index (χ1v) is 5.09. The van der Waals surface area contributed by atoms with Crippen molar-refractivity contribution in [1.82, 2.24) is 4.98 Å². The van der Waals surface area contributed by atoms with Crippen LogP contribution >= 0.6 is 11.3 Å². The van der Waals surface area contributed by atoms with Crippen molar-refractivity contribution < 1.29 is 0 Å². The number of thiazole rings is 1. The van der Waals surface area contributed by atoms with Gasteiger partial charge in [0.15, 0.2) is 0 Å². The van der Waals surface area contributed by atoms with Crippen LogP contribution < -0.4 is 5.73 Å². The molecule has 1 aromatic heterocycles. The lowest BCUT2D eigenvalue weighted by molar-refractivity contribution is 1.05. The number of hydrogen-bond donors (Lipinski definition) is 1. The molecule has 0 spiro atoms. The fourth-order valence-corrected chi connectivity index (χ4v) is 2.02. The van der Waals surface area contributed by atoms with Crippen molar-refractivity contribution in [3.05, 3.63) is 22.2 Å². The number of aromatic nitrogens is 1. The Bertz CT molecular complexity index is 286. The van der Waals surface area contributed by atoms with Crippen molar-refractivity contribution in [1.29, 1.82) is 0 Å². The van der Waals surface area contributed by atoms with E-state index in [0.717, 1.165) is 5.92 Å². The lowest BCUT2D eigenvalue weighted by Crippen LogP contribution is -1.92. The third-order valence-electron chi connectivity index (χ3n) is 1.99. The molecule has 3 heteroatoms. The molecule has 1 fully saturated rings. The highest BCUT2D eigenvalue weighted by Gasteiger charge is 2.27. The van der Waals surface area contributed by atoms with Crippen LogP contribution in [-0.4, -0.2) is 11.5 Å². The van der Waals surface area contributed by atoms with Gasteiger partial charge in [-0.3, -0.25) is 0 Å².